The highest BCUT2D eigenvalue weighted by Crippen LogP contribution is 2.38. The van der Waals surface area contributed by atoms with Crippen molar-refractivity contribution in [2.45, 2.75) is 0 Å². The van der Waals surface area contributed by atoms with Crippen molar-refractivity contribution >= 4 is 10.0 Å². The Hall–Kier alpha value is -1.16. The van der Waals surface area contributed by atoms with Crippen LogP contribution in [0.15, 0.2) is 18.2 Å². The van der Waals surface area contributed by atoms with Gasteiger partial charge in [0.25, 0.3) is 0 Å². The summed E-state index contributed by atoms with van der Waals surface area (Å²) >= 11 is 0. The Morgan fingerprint density at radius 2 is 2.20 bits per heavy atom. The molecule has 0 atom stereocenters. The van der Waals surface area contributed by atoms with E-state index >= 15 is 0 Å². The van der Waals surface area contributed by atoms with Crippen LogP contribution in [0.2, 0.25) is 0 Å². The molecule has 0 aromatic heterocycles. The molecule has 2 rings (SSSR count). The minimum absolute atomic E-state index is 0.169. The van der Waals surface area contributed by atoms with Gasteiger partial charge in [0, 0.05) is 0 Å². The van der Waals surface area contributed by atoms with Crippen LogP contribution in [0.5, 0.6) is 17.2 Å². The molecular formula is C6H6O3Si. The zero-order valence-electron chi connectivity index (χ0n) is 5.20. The van der Waals surface area contributed by atoms with E-state index in [1.54, 1.807) is 18.2 Å². The van der Waals surface area contributed by atoms with E-state index in [2.05, 4.69) is 0 Å². The Morgan fingerprint density at radius 1 is 1.30 bits per heavy atom. The van der Waals surface area contributed by atoms with Gasteiger partial charge in [-0.3, -0.25) is 0 Å². The first-order chi connectivity index (χ1) is 4.88. The average molecular weight is 154 g/mol. The maximum atomic E-state index is 9.15. The second kappa shape index (κ2) is 1.91. The Balaban J connectivity index is 2.59. The van der Waals surface area contributed by atoms with E-state index in [9.17, 15) is 0 Å². The third-order valence-corrected chi connectivity index (χ3v) is 2.21. The standard InChI is InChI=1S/C6H6O3Si/c7-4-2-1-3-5-6(4)9-10-8-5/h1-3,7H,10H2. The molecule has 0 fully saturated rings. The molecule has 1 aromatic carbocycles. The number of para-hydroxylation sites is 1. The van der Waals surface area contributed by atoms with Gasteiger partial charge in [-0.25, -0.2) is 0 Å². The fourth-order valence-electron chi connectivity index (χ4n) is 0.915. The van der Waals surface area contributed by atoms with Crippen molar-refractivity contribution in [3.8, 4) is 17.2 Å². The van der Waals surface area contributed by atoms with Crippen LogP contribution in [0.3, 0.4) is 0 Å². The molecule has 0 radical (unpaired) electrons. The third-order valence-electron chi connectivity index (χ3n) is 1.38. The van der Waals surface area contributed by atoms with Crippen LogP contribution in [0.1, 0.15) is 0 Å². The van der Waals surface area contributed by atoms with Gasteiger partial charge in [-0.2, -0.15) is 0 Å². The van der Waals surface area contributed by atoms with E-state index in [-0.39, 0.29) is 5.75 Å². The molecule has 0 saturated heterocycles. The summed E-state index contributed by atoms with van der Waals surface area (Å²) < 4.78 is 10.2. The normalized spacial score (nSPS) is 16.0. The second-order valence-corrected chi connectivity index (χ2v) is 2.82. The van der Waals surface area contributed by atoms with Crippen molar-refractivity contribution in [1.29, 1.82) is 0 Å². The summed E-state index contributed by atoms with van der Waals surface area (Å²) in [5, 5.41) is 9.15. The van der Waals surface area contributed by atoms with Crippen LogP contribution in [0.25, 0.3) is 0 Å². The molecule has 3 nitrogen and oxygen atoms in total. The molecule has 10 heavy (non-hydrogen) atoms. The molecule has 1 heterocycles. The van der Waals surface area contributed by atoms with E-state index in [4.69, 9.17) is 14.0 Å². The molecule has 1 aromatic rings. The Bertz CT molecular complexity index is 261. The van der Waals surface area contributed by atoms with Crippen molar-refractivity contribution in [2.75, 3.05) is 0 Å². The Morgan fingerprint density at radius 3 is 3.00 bits per heavy atom. The first-order valence-corrected chi connectivity index (χ1v) is 4.11. The zero-order valence-corrected chi connectivity index (χ0v) is 6.62. The number of phenolic OH excluding ortho intramolecular Hbond substituents is 1. The third kappa shape index (κ3) is 0.656. The SMILES string of the molecule is Oc1cccc2c1O[SiH2]O2. The Kier molecular flexibility index (Phi) is 1.07. The van der Waals surface area contributed by atoms with E-state index in [0.717, 1.165) is 0 Å². The Labute approximate surface area is 60.3 Å². The lowest BCUT2D eigenvalue weighted by atomic mass is 10.3. The summed E-state index contributed by atoms with van der Waals surface area (Å²) in [4.78, 5) is 0. The number of benzene rings is 1. The van der Waals surface area contributed by atoms with Crippen molar-refractivity contribution in [2.24, 2.45) is 0 Å². The lowest BCUT2D eigenvalue weighted by molar-refractivity contribution is 0.446. The van der Waals surface area contributed by atoms with Crippen LogP contribution in [0.4, 0.5) is 0 Å². The zero-order chi connectivity index (χ0) is 6.97. The molecule has 0 aliphatic carbocycles. The molecule has 0 unspecified atom stereocenters. The number of hydrogen-bond acceptors (Lipinski definition) is 3. The van der Waals surface area contributed by atoms with E-state index in [0.29, 0.717) is 11.5 Å². The molecule has 52 valence electrons. The quantitative estimate of drug-likeness (QED) is 0.541. The molecule has 0 saturated carbocycles. The van der Waals surface area contributed by atoms with Crippen LogP contribution in [-0.2, 0) is 0 Å². The van der Waals surface area contributed by atoms with Crippen molar-refractivity contribution in [3.63, 3.8) is 0 Å². The molecular weight excluding hydrogens is 148 g/mol. The predicted molar refractivity (Wildman–Crippen MR) is 37.9 cm³/mol. The summed E-state index contributed by atoms with van der Waals surface area (Å²) in [5.41, 5.74) is 0. The number of fused-ring (bicyclic) bond motifs is 1. The average Bonchev–Trinajstić information content (AvgIpc) is 2.36. The maximum absolute atomic E-state index is 9.15. The summed E-state index contributed by atoms with van der Waals surface area (Å²) in [6.45, 7) is 0. The molecule has 0 spiro atoms. The van der Waals surface area contributed by atoms with Gasteiger partial charge in [-0.1, -0.05) is 6.07 Å². The summed E-state index contributed by atoms with van der Waals surface area (Å²) in [6, 6.07) is 5.11. The van der Waals surface area contributed by atoms with Gasteiger partial charge in [0.05, 0.1) is 0 Å². The van der Waals surface area contributed by atoms with Gasteiger partial charge >= 0.3 is 10.0 Å². The smallest absolute Gasteiger partial charge is 0.428 e. The summed E-state index contributed by atoms with van der Waals surface area (Å²) in [7, 11) is -0.892. The molecule has 1 aliphatic heterocycles. The highest BCUT2D eigenvalue weighted by atomic mass is 28.3. The van der Waals surface area contributed by atoms with Gasteiger partial charge in [-0.05, 0) is 12.1 Å². The summed E-state index contributed by atoms with van der Waals surface area (Å²) in [5.74, 6) is 1.35. The van der Waals surface area contributed by atoms with Crippen molar-refractivity contribution in [3.05, 3.63) is 18.2 Å². The van der Waals surface area contributed by atoms with Crippen LogP contribution < -0.4 is 8.85 Å². The van der Waals surface area contributed by atoms with Gasteiger partial charge < -0.3 is 14.0 Å². The molecule has 1 aliphatic rings. The minimum atomic E-state index is -0.892. The van der Waals surface area contributed by atoms with Crippen LogP contribution in [-0.4, -0.2) is 15.1 Å². The van der Waals surface area contributed by atoms with Crippen LogP contribution in [0, 0.1) is 0 Å². The van der Waals surface area contributed by atoms with E-state index in [1.165, 1.54) is 0 Å². The summed E-state index contributed by atoms with van der Waals surface area (Å²) in [6.07, 6.45) is 0. The largest absolute Gasteiger partial charge is 0.513 e. The molecule has 4 heteroatoms. The lowest BCUT2D eigenvalue weighted by Gasteiger charge is -1.97. The first-order valence-electron chi connectivity index (χ1n) is 2.95. The van der Waals surface area contributed by atoms with Gasteiger partial charge in [-0.15, -0.1) is 0 Å². The first kappa shape index (κ1) is 5.61. The van der Waals surface area contributed by atoms with Crippen LogP contribution >= 0.6 is 0 Å². The maximum Gasteiger partial charge on any atom is 0.428 e. The molecule has 0 bridgehead atoms. The van der Waals surface area contributed by atoms with E-state index in [1.807, 2.05) is 0 Å². The number of hydrogen-bond donors (Lipinski definition) is 1. The van der Waals surface area contributed by atoms with Crippen molar-refractivity contribution in [1.82, 2.24) is 0 Å². The van der Waals surface area contributed by atoms with Gasteiger partial charge in [0.1, 0.15) is 0 Å². The molecule has 1 N–H and O–H groups in total. The fourth-order valence-corrected chi connectivity index (χ4v) is 1.74. The van der Waals surface area contributed by atoms with Crippen molar-refractivity contribution < 1.29 is 14.0 Å². The highest BCUT2D eigenvalue weighted by molar-refractivity contribution is 6.23. The number of phenols is 1. The number of aromatic hydroxyl groups is 1. The molecule has 0 amide bonds. The number of rotatable bonds is 0. The monoisotopic (exact) mass is 154 g/mol. The second-order valence-electron chi connectivity index (χ2n) is 2.01. The minimum Gasteiger partial charge on any atom is -0.513 e. The highest BCUT2D eigenvalue weighted by Gasteiger charge is 2.16. The fraction of sp³-hybridized carbons (Fsp3) is 0. The van der Waals surface area contributed by atoms with E-state index < -0.39 is 10.0 Å². The topological polar surface area (TPSA) is 38.7 Å². The van der Waals surface area contributed by atoms with Gasteiger partial charge in [0.15, 0.2) is 17.2 Å². The van der Waals surface area contributed by atoms with Gasteiger partial charge in [0.2, 0.25) is 0 Å². The lowest BCUT2D eigenvalue weighted by Crippen LogP contribution is -1.99. The predicted octanol–water partition coefficient (Wildman–Crippen LogP) is 0.162.